The first-order valence-electron chi connectivity index (χ1n) is 7.53. The van der Waals surface area contributed by atoms with E-state index in [1.807, 2.05) is 12.1 Å². The Labute approximate surface area is 121 Å². The lowest BCUT2D eigenvalue weighted by atomic mass is 10.1. The highest BCUT2D eigenvalue weighted by atomic mass is 16.5. The monoisotopic (exact) mass is 278 g/mol. The van der Waals surface area contributed by atoms with E-state index in [0.29, 0.717) is 11.5 Å². The highest BCUT2D eigenvalue weighted by Crippen LogP contribution is 2.28. The van der Waals surface area contributed by atoms with Crippen molar-refractivity contribution >= 4 is 0 Å². The van der Waals surface area contributed by atoms with Crippen molar-refractivity contribution in [3.8, 4) is 11.5 Å². The fourth-order valence-electron chi connectivity index (χ4n) is 2.75. The molecule has 1 fully saturated rings. The maximum absolute atomic E-state index is 10.0. The molecule has 0 spiro atoms. The molecule has 0 amide bonds. The van der Waals surface area contributed by atoms with Crippen molar-refractivity contribution < 1.29 is 9.84 Å². The average molecular weight is 278 g/mol. The number of piperidine rings is 1. The minimum Gasteiger partial charge on any atom is -0.507 e. The van der Waals surface area contributed by atoms with Crippen molar-refractivity contribution in [1.29, 1.82) is 0 Å². The van der Waals surface area contributed by atoms with Gasteiger partial charge in [-0.15, -0.1) is 0 Å². The van der Waals surface area contributed by atoms with Crippen LogP contribution >= 0.6 is 0 Å². The van der Waals surface area contributed by atoms with Gasteiger partial charge in [-0.25, -0.2) is 0 Å². The molecule has 1 atom stereocenters. The van der Waals surface area contributed by atoms with Gasteiger partial charge in [0.25, 0.3) is 0 Å². The molecule has 0 saturated carbocycles. The van der Waals surface area contributed by atoms with Crippen molar-refractivity contribution in [2.24, 2.45) is 0 Å². The molecule has 0 radical (unpaired) electrons. The fraction of sp³-hybridized carbons (Fsp3) is 0.625. The van der Waals surface area contributed by atoms with Gasteiger partial charge >= 0.3 is 0 Å². The number of nitrogens with zero attached hydrogens (tertiary/aromatic N) is 1. The maximum Gasteiger partial charge on any atom is 0.124 e. The Morgan fingerprint density at radius 1 is 1.30 bits per heavy atom. The van der Waals surface area contributed by atoms with Crippen LogP contribution in [0.25, 0.3) is 0 Å². The summed E-state index contributed by atoms with van der Waals surface area (Å²) in [6.07, 6.45) is 4.03. The Hall–Kier alpha value is -1.26. The number of nitrogens with one attached hydrogen (secondary N) is 1. The number of ether oxygens (including phenoxy) is 1. The fourth-order valence-corrected chi connectivity index (χ4v) is 2.75. The van der Waals surface area contributed by atoms with E-state index in [9.17, 15) is 5.11 Å². The molecule has 20 heavy (non-hydrogen) atoms. The van der Waals surface area contributed by atoms with E-state index in [1.54, 1.807) is 13.2 Å². The zero-order valence-corrected chi connectivity index (χ0v) is 12.6. The largest absolute Gasteiger partial charge is 0.507 e. The van der Waals surface area contributed by atoms with Crippen molar-refractivity contribution in [2.75, 3.05) is 33.3 Å². The molecule has 112 valence electrons. The van der Waals surface area contributed by atoms with Gasteiger partial charge in [-0.2, -0.15) is 0 Å². The SMILES string of the molecule is COc1ccc(C(C)NCCN2CCCCC2)c(O)c1. The number of aromatic hydroxyl groups is 1. The van der Waals surface area contributed by atoms with Gasteiger partial charge in [0.15, 0.2) is 0 Å². The molecule has 1 aliphatic rings. The number of hydrogen-bond donors (Lipinski definition) is 2. The molecule has 0 bridgehead atoms. The molecule has 1 aliphatic heterocycles. The second kappa shape index (κ2) is 7.50. The minimum absolute atomic E-state index is 0.144. The summed E-state index contributed by atoms with van der Waals surface area (Å²) in [5.74, 6) is 0.981. The van der Waals surface area contributed by atoms with E-state index in [0.717, 1.165) is 18.7 Å². The van der Waals surface area contributed by atoms with Crippen molar-refractivity contribution in [3.05, 3.63) is 23.8 Å². The molecular formula is C16H26N2O2. The number of phenolic OH excluding ortho intramolecular Hbond substituents is 1. The lowest BCUT2D eigenvalue weighted by Gasteiger charge is -2.27. The molecule has 1 aromatic carbocycles. The quantitative estimate of drug-likeness (QED) is 0.839. The van der Waals surface area contributed by atoms with Crippen LogP contribution in [0.15, 0.2) is 18.2 Å². The van der Waals surface area contributed by atoms with Gasteiger partial charge < -0.3 is 20.1 Å². The van der Waals surface area contributed by atoms with E-state index in [-0.39, 0.29) is 6.04 Å². The van der Waals surface area contributed by atoms with E-state index in [2.05, 4.69) is 17.1 Å². The van der Waals surface area contributed by atoms with Crippen LogP contribution in [0, 0.1) is 0 Å². The van der Waals surface area contributed by atoms with Crippen LogP contribution in [0.2, 0.25) is 0 Å². The van der Waals surface area contributed by atoms with Crippen LogP contribution in [-0.4, -0.2) is 43.3 Å². The Balaban J connectivity index is 1.80. The average Bonchev–Trinajstić information content (AvgIpc) is 2.48. The minimum atomic E-state index is 0.144. The molecule has 1 saturated heterocycles. The van der Waals surface area contributed by atoms with Crippen molar-refractivity contribution in [2.45, 2.75) is 32.2 Å². The number of hydrogen-bond acceptors (Lipinski definition) is 4. The Bertz CT molecular complexity index is 417. The number of likely N-dealkylation sites (tertiary alicyclic amines) is 1. The van der Waals surface area contributed by atoms with Crippen LogP contribution in [0.3, 0.4) is 0 Å². The van der Waals surface area contributed by atoms with Gasteiger partial charge in [0.1, 0.15) is 11.5 Å². The predicted molar refractivity (Wildman–Crippen MR) is 81.4 cm³/mol. The lowest BCUT2D eigenvalue weighted by molar-refractivity contribution is 0.226. The van der Waals surface area contributed by atoms with Crippen LogP contribution < -0.4 is 10.1 Å². The summed E-state index contributed by atoms with van der Waals surface area (Å²) in [6, 6.07) is 5.62. The van der Waals surface area contributed by atoms with Gasteiger partial charge in [0.2, 0.25) is 0 Å². The molecule has 0 aliphatic carbocycles. The number of phenols is 1. The summed E-state index contributed by atoms with van der Waals surface area (Å²) < 4.78 is 5.10. The normalized spacial score (nSPS) is 17.9. The molecule has 1 unspecified atom stereocenters. The number of benzene rings is 1. The molecule has 2 rings (SSSR count). The van der Waals surface area contributed by atoms with E-state index < -0.39 is 0 Å². The summed E-state index contributed by atoms with van der Waals surface area (Å²) in [4.78, 5) is 2.51. The third-order valence-corrected chi connectivity index (χ3v) is 4.03. The standard InChI is InChI=1S/C16H26N2O2/c1-13(15-7-6-14(20-2)12-16(15)19)17-8-11-18-9-4-3-5-10-18/h6-7,12-13,17,19H,3-5,8-11H2,1-2H3. The highest BCUT2D eigenvalue weighted by Gasteiger charge is 2.13. The first kappa shape index (κ1) is 15.1. The highest BCUT2D eigenvalue weighted by molar-refractivity contribution is 5.41. The third-order valence-electron chi connectivity index (χ3n) is 4.03. The topological polar surface area (TPSA) is 44.7 Å². The Kier molecular flexibility index (Phi) is 5.68. The van der Waals surface area contributed by atoms with E-state index in [1.165, 1.54) is 32.4 Å². The summed E-state index contributed by atoms with van der Waals surface area (Å²) in [6.45, 7) is 6.57. The zero-order valence-electron chi connectivity index (χ0n) is 12.6. The maximum atomic E-state index is 10.0. The summed E-state index contributed by atoms with van der Waals surface area (Å²) in [5, 5.41) is 13.5. The summed E-state index contributed by atoms with van der Waals surface area (Å²) in [5.41, 5.74) is 0.921. The number of rotatable bonds is 6. The summed E-state index contributed by atoms with van der Waals surface area (Å²) in [7, 11) is 1.61. The smallest absolute Gasteiger partial charge is 0.124 e. The molecule has 0 aromatic heterocycles. The third kappa shape index (κ3) is 4.12. The van der Waals surface area contributed by atoms with Gasteiger partial charge in [-0.3, -0.25) is 0 Å². The molecule has 4 heteroatoms. The Morgan fingerprint density at radius 3 is 2.70 bits per heavy atom. The lowest BCUT2D eigenvalue weighted by Crippen LogP contribution is -2.36. The second-order valence-corrected chi connectivity index (χ2v) is 5.50. The first-order valence-corrected chi connectivity index (χ1v) is 7.53. The van der Waals surface area contributed by atoms with Gasteiger partial charge in [0, 0.05) is 30.8 Å². The van der Waals surface area contributed by atoms with Crippen LogP contribution in [0.1, 0.15) is 37.8 Å². The molecule has 1 heterocycles. The Morgan fingerprint density at radius 2 is 2.05 bits per heavy atom. The van der Waals surface area contributed by atoms with E-state index in [4.69, 9.17) is 4.74 Å². The molecule has 4 nitrogen and oxygen atoms in total. The number of methoxy groups -OCH3 is 1. The molecule has 2 N–H and O–H groups in total. The van der Waals surface area contributed by atoms with E-state index >= 15 is 0 Å². The van der Waals surface area contributed by atoms with Crippen molar-refractivity contribution in [1.82, 2.24) is 10.2 Å². The first-order chi connectivity index (χ1) is 9.70. The van der Waals surface area contributed by atoms with Gasteiger partial charge in [0.05, 0.1) is 7.11 Å². The van der Waals surface area contributed by atoms with Crippen LogP contribution in [0.5, 0.6) is 11.5 Å². The van der Waals surface area contributed by atoms with Crippen LogP contribution in [-0.2, 0) is 0 Å². The molecule has 1 aromatic rings. The predicted octanol–water partition coefficient (Wildman–Crippen LogP) is 2.54. The zero-order chi connectivity index (χ0) is 14.4. The molecular weight excluding hydrogens is 252 g/mol. The second-order valence-electron chi connectivity index (χ2n) is 5.50. The van der Waals surface area contributed by atoms with Crippen LogP contribution in [0.4, 0.5) is 0 Å². The van der Waals surface area contributed by atoms with Crippen molar-refractivity contribution in [3.63, 3.8) is 0 Å². The van der Waals surface area contributed by atoms with Gasteiger partial charge in [-0.1, -0.05) is 12.5 Å². The van der Waals surface area contributed by atoms with Gasteiger partial charge in [-0.05, 0) is 38.9 Å². The summed E-state index contributed by atoms with van der Waals surface area (Å²) >= 11 is 0.